The van der Waals surface area contributed by atoms with Gasteiger partial charge < -0.3 is 19.9 Å². The van der Waals surface area contributed by atoms with Gasteiger partial charge in [0, 0.05) is 41.5 Å². The first-order chi connectivity index (χ1) is 22.0. The van der Waals surface area contributed by atoms with Crippen LogP contribution in [-0.2, 0) is 6.61 Å². The molecule has 3 N–H and O–H groups in total. The van der Waals surface area contributed by atoms with Crippen LogP contribution in [0, 0.1) is 5.82 Å². The molecule has 0 unspecified atom stereocenters. The van der Waals surface area contributed by atoms with E-state index in [9.17, 15) is 4.39 Å². The zero-order valence-electron chi connectivity index (χ0n) is 24.9. The van der Waals surface area contributed by atoms with E-state index in [0.29, 0.717) is 30.4 Å². The van der Waals surface area contributed by atoms with E-state index in [2.05, 4.69) is 35.4 Å². The lowest BCUT2D eigenvalue weighted by molar-refractivity contribution is 0.305. The minimum Gasteiger partial charge on any atom is -0.487 e. The minimum atomic E-state index is -0.310. The highest BCUT2D eigenvalue weighted by Crippen LogP contribution is 2.34. The molecule has 7 aromatic rings. The van der Waals surface area contributed by atoms with Crippen LogP contribution in [0.15, 0.2) is 97.5 Å². The molecule has 9 nitrogen and oxygen atoms in total. The molecule has 7 rings (SSSR count). The van der Waals surface area contributed by atoms with Crippen molar-refractivity contribution in [3.05, 3.63) is 109 Å². The average Bonchev–Trinajstić information content (AvgIpc) is 3.68. The molecule has 0 saturated carbocycles. The molecule has 0 saturated heterocycles. The molecule has 0 aliphatic heterocycles. The number of benzene rings is 3. The molecule has 4 heterocycles. The third kappa shape index (κ3) is 6.09. The van der Waals surface area contributed by atoms with Crippen molar-refractivity contribution < 1.29 is 9.13 Å². The summed E-state index contributed by atoms with van der Waals surface area (Å²) in [6.07, 6.45) is 5.21. The number of nitrogens with zero attached hydrogens (tertiary/aromatic N) is 5. The number of aromatic nitrogens is 6. The Balaban J connectivity index is 1.20. The van der Waals surface area contributed by atoms with Crippen molar-refractivity contribution in [1.29, 1.82) is 0 Å². The molecule has 0 radical (unpaired) electrons. The molecule has 0 aliphatic carbocycles. The lowest BCUT2D eigenvalue weighted by Crippen LogP contribution is -2.20. The molecule has 0 bridgehead atoms. The van der Waals surface area contributed by atoms with Crippen LogP contribution in [-0.4, -0.2) is 62.2 Å². The predicted molar refractivity (Wildman–Crippen MR) is 175 cm³/mol. The zero-order valence-corrected chi connectivity index (χ0v) is 24.9. The summed E-state index contributed by atoms with van der Waals surface area (Å²) in [5.74, 6) is 0.943. The van der Waals surface area contributed by atoms with Crippen molar-refractivity contribution in [2.75, 3.05) is 32.5 Å². The quantitative estimate of drug-likeness (QED) is 0.157. The normalized spacial score (nSPS) is 11.5. The van der Waals surface area contributed by atoms with Gasteiger partial charge in [-0.25, -0.2) is 9.37 Å². The van der Waals surface area contributed by atoms with Crippen LogP contribution in [0.4, 0.5) is 10.1 Å². The summed E-state index contributed by atoms with van der Waals surface area (Å²) in [7, 11) is 4.01. The number of anilines is 1. The van der Waals surface area contributed by atoms with E-state index in [0.717, 1.165) is 62.1 Å². The van der Waals surface area contributed by atoms with E-state index < -0.39 is 0 Å². The third-order valence-electron chi connectivity index (χ3n) is 7.54. The first-order valence-electron chi connectivity index (χ1n) is 14.6. The van der Waals surface area contributed by atoms with E-state index in [-0.39, 0.29) is 5.82 Å². The van der Waals surface area contributed by atoms with Gasteiger partial charge >= 0.3 is 0 Å². The van der Waals surface area contributed by atoms with Crippen molar-refractivity contribution in [3.8, 4) is 39.7 Å². The maximum absolute atomic E-state index is 14.7. The highest BCUT2D eigenvalue weighted by atomic mass is 19.1. The third-order valence-corrected chi connectivity index (χ3v) is 7.54. The summed E-state index contributed by atoms with van der Waals surface area (Å²) in [5, 5.41) is 11.8. The molecule has 0 fully saturated rings. The van der Waals surface area contributed by atoms with Crippen molar-refractivity contribution in [1.82, 2.24) is 35.0 Å². The van der Waals surface area contributed by atoms with Gasteiger partial charge in [-0.1, -0.05) is 42.5 Å². The van der Waals surface area contributed by atoms with E-state index in [4.69, 9.17) is 9.72 Å². The van der Waals surface area contributed by atoms with Crippen LogP contribution in [0.5, 0.6) is 5.75 Å². The van der Waals surface area contributed by atoms with E-state index in [1.165, 1.54) is 12.1 Å². The van der Waals surface area contributed by atoms with Gasteiger partial charge in [-0.2, -0.15) is 5.10 Å². The van der Waals surface area contributed by atoms with Gasteiger partial charge in [-0.15, -0.1) is 0 Å². The fraction of sp³-hybridized carbons (Fsp3) is 0.143. The van der Waals surface area contributed by atoms with E-state index in [1.54, 1.807) is 18.6 Å². The highest BCUT2D eigenvalue weighted by molar-refractivity contribution is 5.98. The highest BCUT2D eigenvalue weighted by Gasteiger charge is 2.17. The molecule has 45 heavy (non-hydrogen) atoms. The average molecular weight is 599 g/mol. The van der Waals surface area contributed by atoms with Gasteiger partial charge in [0.2, 0.25) is 0 Å². The lowest BCUT2D eigenvalue weighted by atomic mass is 10.0. The number of H-pyrrole nitrogens is 2. The Morgan fingerprint density at radius 3 is 2.64 bits per heavy atom. The fourth-order valence-corrected chi connectivity index (χ4v) is 5.28. The van der Waals surface area contributed by atoms with Gasteiger partial charge in [0.25, 0.3) is 0 Å². The van der Waals surface area contributed by atoms with Crippen molar-refractivity contribution in [2.24, 2.45) is 0 Å². The van der Waals surface area contributed by atoms with E-state index >= 15 is 0 Å². The number of imidazole rings is 1. The number of hydrogen-bond donors (Lipinski definition) is 3. The van der Waals surface area contributed by atoms with Gasteiger partial charge in [-0.05, 0) is 61.6 Å². The Labute approximate surface area is 259 Å². The zero-order chi connectivity index (χ0) is 30.8. The molecule has 3 aromatic carbocycles. The summed E-state index contributed by atoms with van der Waals surface area (Å²) in [4.78, 5) is 19.5. The Morgan fingerprint density at radius 1 is 0.889 bits per heavy atom. The summed E-state index contributed by atoms with van der Waals surface area (Å²) in [6, 6.07) is 24.8. The van der Waals surface area contributed by atoms with Crippen LogP contribution >= 0.6 is 0 Å². The van der Waals surface area contributed by atoms with Gasteiger partial charge in [0.15, 0.2) is 5.82 Å². The monoisotopic (exact) mass is 598 g/mol. The first kappa shape index (κ1) is 28.2. The van der Waals surface area contributed by atoms with Crippen LogP contribution in [0.25, 0.3) is 55.8 Å². The summed E-state index contributed by atoms with van der Waals surface area (Å²) < 4.78 is 20.7. The van der Waals surface area contributed by atoms with Crippen molar-refractivity contribution in [3.63, 3.8) is 0 Å². The molecular weight excluding hydrogens is 567 g/mol. The number of fused-ring (bicyclic) bond motifs is 2. The number of halogens is 1. The van der Waals surface area contributed by atoms with E-state index in [1.807, 2.05) is 80.8 Å². The van der Waals surface area contributed by atoms with Crippen LogP contribution in [0.1, 0.15) is 5.56 Å². The Kier molecular flexibility index (Phi) is 7.62. The van der Waals surface area contributed by atoms with Crippen LogP contribution < -0.4 is 10.1 Å². The van der Waals surface area contributed by atoms with Gasteiger partial charge in [0.05, 0.1) is 34.6 Å². The molecule has 0 amide bonds. The topological polar surface area (TPSA) is 108 Å². The van der Waals surface area contributed by atoms with Crippen LogP contribution in [0.2, 0.25) is 0 Å². The summed E-state index contributed by atoms with van der Waals surface area (Å²) in [5.41, 5.74) is 7.91. The number of pyridine rings is 2. The smallest absolute Gasteiger partial charge is 0.159 e. The second kappa shape index (κ2) is 12.2. The second-order valence-electron chi connectivity index (χ2n) is 11.1. The lowest BCUT2D eigenvalue weighted by Gasteiger charge is -2.13. The molecular formula is C35H31FN8O. The van der Waals surface area contributed by atoms with Crippen molar-refractivity contribution >= 4 is 27.6 Å². The number of aromatic amines is 2. The second-order valence-corrected chi connectivity index (χ2v) is 11.1. The molecule has 0 spiro atoms. The van der Waals surface area contributed by atoms with Gasteiger partial charge in [-0.3, -0.25) is 15.1 Å². The number of hydrogen-bond acceptors (Lipinski definition) is 7. The maximum atomic E-state index is 14.7. The fourth-order valence-electron chi connectivity index (χ4n) is 5.28. The van der Waals surface area contributed by atoms with Crippen LogP contribution in [0.3, 0.4) is 0 Å². The summed E-state index contributed by atoms with van der Waals surface area (Å²) >= 11 is 0. The standard InChI is InChI=1S/C35H31FN8O/c1-44(2)12-11-38-26-14-23(13-25(36)16-26)28-9-6-10-30-33(28)41-35(40-30)34-29-17-31(39-20-32(29)42-43-34)24-15-27(19-37-18-24)45-21-22-7-4-3-5-8-22/h3-10,13-20,38H,11-12,21H2,1-2H3,(H,40,41)(H,42,43). The predicted octanol–water partition coefficient (Wildman–Crippen LogP) is 6.92. The maximum Gasteiger partial charge on any atom is 0.159 e. The number of likely N-dealkylation sites (N-methyl/N-ethyl adjacent to an activating group) is 1. The number of ether oxygens (including phenoxy) is 1. The number of nitrogens with one attached hydrogen (secondary N) is 3. The van der Waals surface area contributed by atoms with Gasteiger partial charge in [0.1, 0.15) is 23.9 Å². The summed E-state index contributed by atoms with van der Waals surface area (Å²) in [6.45, 7) is 1.99. The molecule has 0 aliphatic rings. The SMILES string of the molecule is CN(C)CCNc1cc(F)cc(-c2cccc3[nH]c(-c4n[nH]c5cnc(-c6cncc(OCc7ccccc7)c6)cc45)nc23)c1. The Hall–Kier alpha value is -5.61. The number of para-hydroxylation sites is 1. The molecule has 10 heteroatoms. The number of rotatable bonds is 10. The minimum absolute atomic E-state index is 0.310. The molecule has 0 atom stereocenters. The molecule has 224 valence electrons. The first-order valence-corrected chi connectivity index (χ1v) is 14.6. The molecule has 4 aromatic heterocycles. The Bertz CT molecular complexity index is 2100. The Morgan fingerprint density at radius 2 is 1.78 bits per heavy atom. The van der Waals surface area contributed by atoms with Crippen molar-refractivity contribution in [2.45, 2.75) is 6.61 Å². The largest absolute Gasteiger partial charge is 0.487 e.